The van der Waals surface area contributed by atoms with Crippen molar-refractivity contribution in [3.8, 4) is 0 Å². The molecule has 1 heterocycles. The van der Waals surface area contributed by atoms with Crippen LogP contribution in [0.25, 0.3) is 0 Å². The third kappa shape index (κ3) is 5.63. The molecule has 27 heavy (non-hydrogen) atoms. The van der Waals surface area contributed by atoms with E-state index in [1.54, 1.807) is 12.1 Å². The summed E-state index contributed by atoms with van der Waals surface area (Å²) in [6.45, 7) is 6.10. The van der Waals surface area contributed by atoms with Crippen molar-refractivity contribution in [1.29, 1.82) is 0 Å². The zero-order chi connectivity index (χ0) is 19.1. The number of aromatic carboxylic acids is 1. The summed E-state index contributed by atoms with van der Waals surface area (Å²) >= 11 is 0. The highest BCUT2D eigenvalue weighted by Gasteiger charge is 2.25. The van der Waals surface area contributed by atoms with Crippen LogP contribution >= 0.6 is 0 Å². The SMILES string of the molecule is CN1CCN(CCCNCc2ccc(C(=O)O)cc2)C(c2ccccc2)C1. The molecule has 1 aliphatic heterocycles. The molecule has 0 aromatic heterocycles. The van der Waals surface area contributed by atoms with Crippen molar-refractivity contribution in [3.05, 3.63) is 71.3 Å². The number of carboxylic acid groups (broad SMARTS) is 1. The summed E-state index contributed by atoms with van der Waals surface area (Å²) in [6.07, 6.45) is 1.10. The number of likely N-dealkylation sites (N-methyl/N-ethyl adjacent to an activating group) is 1. The van der Waals surface area contributed by atoms with E-state index < -0.39 is 5.97 Å². The van der Waals surface area contributed by atoms with Gasteiger partial charge in [-0.15, -0.1) is 0 Å². The molecule has 1 aliphatic rings. The van der Waals surface area contributed by atoms with Gasteiger partial charge in [-0.05, 0) is 43.3 Å². The first kappa shape index (κ1) is 19.5. The van der Waals surface area contributed by atoms with Crippen molar-refractivity contribution in [2.45, 2.75) is 19.0 Å². The fraction of sp³-hybridized carbons (Fsp3) is 0.409. The van der Waals surface area contributed by atoms with Gasteiger partial charge >= 0.3 is 5.97 Å². The Labute approximate surface area is 161 Å². The number of piperazine rings is 1. The Kier molecular flexibility index (Phi) is 6.98. The van der Waals surface area contributed by atoms with Gasteiger partial charge in [-0.2, -0.15) is 0 Å². The van der Waals surface area contributed by atoms with Crippen LogP contribution in [-0.2, 0) is 6.54 Å². The van der Waals surface area contributed by atoms with E-state index in [2.05, 4.69) is 52.5 Å². The first-order valence-electron chi connectivity index (χ1n) is 9.64. The summed E-state index contributed by atoms with van der Waals surface area (Å²) in [5, 5.41) is 12.4. The van der Waals surface area contributed by atoms with Gasteiger partial charge in [0.25, 0.3) is 0 Å². The van der Waals surface area contributed by atoms with Crippen molar-refractivity contribution in [2.24, 2.45) is 0 Å². The van der Waals surface area contributed by atoms with Crippen molar-refractivity contribution >= 4 is 5.97 Å². The monoisotopic (exact) mass is 367 g/mol. The Bertz CT molecular complexity index is 718. The normalized spacial score (nSPS) is 18.5. The van der Waals surface area contributed by atoms with E-state index in [1.165, 1.54) is 5.56 Å². The molecule has 1 fully saturated rings. The summed E-state index contributed by atoms with van der Waals surface area (Å²) < 4.78 is 0. The Balaban J connectivity index is 1.44. The van der Waals surface area contributed by atoms with Gasteiger partial charge in [0, 0.05) is 38.8 Å². The number of hydrogen-bond donors (Lipinski definition) is 2. The number of carbonyl (C=O) groups is 1. The van der Waals surface area contributed by atoms with Crippen LogP contribution in [0.4, 0.5) is 0 Å². The van der Waals surface area contributed by atoms with Crippen molar-refractivity contribution in [1.82, 2.24) is 15.1 Å². The molecule has 1 atom stereocenters. The van der Waals surface area contributed by atoms with Crippen LogP contribution in [0.1, 0.15) is 33.9 Å². The van der Waals surface area contributed by atoms with E-state index in [4.69, 9.17) is 5.11 Å². The van der Waals surface area contributed by atoms with Crippen molar-refractivity contribution < 1.29 is 9.90 Å². The lowest BCUT2D eigenvalue weighted by Crippen LogP contribution is -2.47. The van der Waals surface area contributed by atoms with Gasteiger partial charge in [0.1, 0.15) is 0 Å². The van der Waals surface area contributed by atoms with Crippen LogP contribution in [0.3, 0.4) is 0 Å². The Morgan fingerprint density at radius 1 is 1.11 bits per heavy atom. The molecule has 0 aliphatic carbocycles. The number of benzene rings is 2. The fourth-order valence-electron chi connectivity index (χ4n) is 3.62. The third-order valence-electron chi connectivity index (χ3n) is 5.21. The standard InChI is InChI=1S/C22H29N3O2/c1-24-14-15-25(21(17-24)19-6-3-2-4-7-19)13-5-12-23-16-18-8-10-20(11-9-18)22(26)27/h2-4,6-11,21,23H,5,12-17H2,1H3,(H,26,27). The number of rotatable bonds is 8. The van der Waals surface area contributed by atoms with Crippen LogP contribution in [0.15, 0.2) is 54.6 Å². The van der Waals surface area contributed by atoms with Gasteiger partial charge in [0.15, 0.2) is 0 Å². The molecule has 0 spiro atoms. The van der Waals surface area contributed by atoms with E-state index in [9.17, 15) is 4.79 Å². The predicted octanol–water partition coefficient (Wildman–Crippen LogP) is 2.85. The molecule has 2 N–H and O–H groups in total. The van der Waals surface area contributed by atoms with Gasteiger partial charge in [-0.25, -0.2) is 4.79 Å². The maximum absolute atomic E-state index is 10.9. The lowest BCUT2D eigenvalue weighted by Gasteiger charge is -2.40. The van der Waals surface area contributed by atoms with Crippen LogP contribution in [0, 0.1) is 0 Å². The van der Waals surface area contributed by atoms with Crippen LogP contribution in [0.5, 0.6) is 0 Å². The molecule has 2 aromatic rings. The second kappa shape index (κ2) is 9.65. The second-order valence-corrected chi connectivity index (χ2v) is 7.26. The van der Waals surface area contributed by atoms with E-state index in [0.29, 0.717) is 11.6 Å². The first-order chi connectivity index (χ1) is 13.1. The van der Waals surface area contributed by atoms with Crippen LogP contribution in [0.2, 0.25) is 0 Å². The molecular formula is C22H29N3O2. The second-order valence-electron chi connectivity index (χ2n) is 7.26. The highest BCUT2D eigenvalue weighted by molar-refractivity contribution is 5.87. The molecule has 5 nitrogen and oxygen atoms in total. The molecule has 0 bridgehead atoms. The topological polar surface area (TPSA) is 55.8 Å². The van der Waals surface area contributed by atoms with E-state index >= 15 is 0 Å². The van der Waals surface area contributed by atoms with Crippen molar-refractivity contribution in [3.63, 3.8) is 0 Å². The largest absolute Gasteiger partial charge is 0.478 e. The molecule has 1 unspecified atom stereocenters. The highest BCUT2D eigenvalue weighted by Crippen LogP contribution is 2.24. The minimum absolute atomic E-state index is 0.334. The highest BCUT2D eigenvalue weighted by atomic mass is 16.4. The zero-order valence-corrected chi connectivity index (χ0v) is 16.0. The van der Waals surface area contributed by atoms with Gasteiger partial charge in [0.05, 0.1) is 5.56 Å². The summed E-state index contributed by atoms with van der Waals surface area (Å²) in [5.74, 6) is -0.880. The lowest BCUT2D eigenvalue weighted by atomic mass is 10.0. The lowest BCUT2D eigenvalue weighted by molar-refractivity contribution is 0.0697. The maximum atomic E-state index is 10.9. The Morgan fingerprint density at radius 3 is 2.56 bits per heavy atom. The van der Waals surface area contributed by atoms with Crippen LogP contribution < -0.4 is 5.32 Å². The molecule has 2 aromatic carbocycles. The van der Waals surface area contributed by atoms with Gasteiger partial charge in [0.2, 0.25) is 0 Å². The molecule has 3 rings (SSSR count). The summed E-state index contributed by atoms with van der Waals surface area (Å²) in [5.41, 5.74) is 2.85. The Hall–Kier alpha value is -2.21. The number of nitrogens with one attached hydrogen (secondary N) is 1. The summed E-state index contributed by atoms with van der Waals surface area (Å²) in [6, 6.07) is 18.3. The Morgan fingerprint density at radius 2 is 1.85 bits per heavy atom. The molecule has 0 saturated carbocycles. The quantitative estimate of drug-likeness (QED) is 0.703. The molecule has 0 amide bonds. The smallest absolute Gasteiger partial charge is 0.335 e. The average Bonchev–Trinajstić information content (AvgIpc) is 2.69. The van der Waals surface area contributed by atoms with Crippen LogP contribution in [-0.4, -0.2) is 60.6 Å². The van der Waals surface area contributed by atoms with E-state index in [0.717, 1.165) is 51.3 Å². The first-order valence-corrected chi connectivity index (χ1v) is 9.64. The van der Waals surface area contributed by atoms with Crippen molar-refractivity contribution in [2.75, 3.05) is 39.8 Å². The number of hydrogen-bond acceptors (Lipinski definition) is 4. The molecule has 1 saturated heterocycles. The molecule has 144 valence electrons. The molecule has 0 radical (unpaired) electrons. The minimum atomic E-state index is -0.880. The summed E-state index contributed by atoms with van der Waals surface area (Å²) in [4.78, 5) is 15.9. The molecular weight excluding hydrogens is 338 g/mol. The zero-order valence-electron chi connectivity index (χ0n) is 16.0. The van der Waals surface area contributed by atoms with Gasteiger partial charge < -0.3 is 15.3 Å². The molecule has 5 heteroatoms. The predicted molar refractivity (Wildman–Crippen MR) is 108 cm³/mol. The maximum Gasteiger partial charge on any atom is 0.335 e. The minimum Gasteiger partial charge on any atom is -0.478 e. The number of carboxylic acids is 1. The number of nitrogens with zero attached hydrogens (tertiary/aromatic N) is 2. The van der Waals surface area contributed by atoms with E-state index in [-0.39, 0.29) is 0 Å². The van der Waals surface area contributed by atoms with E-state index in [1.807, 2.05) is 12.1 Å². The van der Waals surface area contributed by atoms with Gasteiger partial charge in [-0.1, -0.05) is 42.5 Å². The third-order valence-corrected chi connectivity index (χ3v) is 5.21. The summed E-state index contributed by atoms with van der Waals surface area (Å²) in [7, 11) is 2.20. The van der Waals surface area contributed by atoms with Gasteiger partial charge in [-0.3, -0.25) is 4.90 Å². The fourth-order valence-corrected chi connectivity index (χ4v) is 3.62. The average molecular weight is 367 g/mol.